The monoisotopic (exact) mass is 392 g/mol. The lowest BCUT2D eigenvalue weighted by Crippen LogP contribution is -2.48. The zero-order chi connectivity index (χ0) is 20.2. The molecule has 1 rings (SSSR count). The minimum absolute atomic E-state index is 0.132. The summed E-state index contributed by atoms with van der Waals surface area (Å²) in [7, 11) is 0. The average Bonchev–Trinajstić information content (AvgIpc) is 2.65. The molecule has 0 bridgehead atoms. The molecule has 0 saturated heterocycles. The Bertz CT molecular complexity index is 746. The lowest BCUT2D eigenvalue weighted by atomic mass is 10.2. The predicted octanol–water partition coefficient (Wildman–Crippen LogP) is 0.790. The zero-order valence-electron chi connectivity index (χ0n) is 14.8. The molecule has 0 heterocycles. The Morgan fingerprint density at radius 3 is 2.30 bits per heavy atom. The number of benzene rings is 1. The van der Waals surface area contributed by atoms with Gasteiger partial charge in [0.15, 0.2) is 5.11 Å². The van der Waals surface area contributed by atoms with Crippen molar-refractivity contribution < 1.29 is 23.9 Å². The van der Waals surface area contributed by atoms with Gasteiger partial charge in [-0.25, -0.2) is 4.79 Å². The first-order valence-electron chi connectivity index (χ1n) is 8.01. The summed E-state index contributed by atoms with van der Waals surface area (Å²) < 4.78 is 4.63. The highest BCUT2D eigenvalue weighted by molar-refractivity contribution is 7.80. The third kappa shape index (κ3) is 8.59. The Morgan fingerprint density at radius 1 is 1.04 bits per heavy atom. The highest BCUT2D eigenvalue weighted by Gasteiger charge is 2.08. The molecule has 1 aromatic carbocycles. The van der Waals surface area contributed by atoms with Gasteiger partial charge in [-0.2, -0.15) is 0 Å². The summed E-state index contributed by atoms with van der Waals surface area (Å²) in [4.78, 5) is 45.9. The summed E-state index contributed by atoms with van der Waals surface area (Å²) >= 11 is 4.86. The first-order valence-corrected chi connectivity index (χ1v) is 8.42. The van der Waals surface area contributed by atoms with Gasteiger partial charge >= 0.3 is 5.97 Å². The Labute approximate surface area is 161 Å². The quantitative estimate of drug-likeness (QED) is 0.244. The topological polar surface area (TPSA) is 126 Å². The van der Waals surface area contributed by atoms with E-state index in [4.69, 9.17) is 12.2 Å². The Kier molecular flexibility index (Phi) is 9.16. The van der Waals surface area contributed by atoms with Crippen LogP contribution in [0, 0.1) is 0 Å². The molecule has 0 aliphatic rings. The third-order valence-corrected chi connectivity index (χ3v) is 3.14. The van der Waals surface area contributed by atoms with Gasteiger partial charge in [0.1, 0.15) is 0 Å². The lowest BCUT2D eigenvalue weighted by molar-refractivity contribution is -0.137. The van der Waals surface area contributed by atoms with Crippen LogP contribution in [-0.4, -0.2) is 35.4 Å². The minimum Gasteiger partial charge on any atom is -0.463 e. The molecular formula is C17H20N4O5S. The predicted molar refractivity (Wildman–Crippen MR) is 102 cm³/mol. The third-order valence-electron chi connectivity index (χ3n) is 2.94. The molecular weight excluding hydrogens is 372 g/mol. The molecule has 144 valence electrons. The Hall–Kier alpha value is -3.27. The molecule has 0 atom stereocenters. The van der Waals surface area contributed by atoms with Crippen LogP contribution in [0.1, 0.15) is 30.6 Å². The standard InChI is InChI=1S/C17H20N4O5S/c1-3-13(22)18-12-7-5-11(6-8-12)16(25)20-21-17(27)19-14(23)9-10-15(24)26-4-2/h5-10H,3-4H2,1-2H3,(H,18,22)(H,20,25)(H2,19,21,23,27). The fourth-order valence-electron chi connectivity index (χ4n) is 1.66. The van der Waals surface area contributed by atoms with Crippen molar-refractivity contribution in [2.45, 2.75) is 20.3 Å². The van der Waals surface area contributed by atoms with Crippen LogP contribution in [0.2, 0.25) is 0 Å². The molecule has 0 unspecified atom stereocenters. The van der Waals surface area contributed by atoms with E-state index in [1.165, 1.54) is 12.1 Å². The van der Waals surface area contributed by atoms with Crippen LogP contribution in [0.15, 0.2) is 36.4 Å². The largest absolute Gasteiger partial charge is 0.463 e. The summed E-state index contributed by atoms with van der Waals surface area (Å²) in [6.45, 7) is 3.57. The van der Waals surface area contributed by atoms with E-state index in [9.17, 15) is 19.2 Å². The summed E-state index contributed by atoms with van der Waals surface area (Å²) in [6.07, 6.45) is 2.26. The van der Waals surface area contributed by atoms with Crippen molar-refractivity contribution in [2.24, 2.45) is 0 Å². The molecule has 4 N–H and O–H groups in total. The van der Waals surface area contributed by atoms with Crippen molar-refractivity contribution in [3.63, 3.8) is 0 Å². The van der Waals surface area contributed by atoms with Gasteiger partial charge in [-0.3, -0.25) is 30.6 Å². The van der Waals surface area contributed by atoms with E-state index in [0.717, 1.165) is 12.2 Å². The zero-order valence-corrected chi connectivity index (χ0v) is 15.6. The van der Waals surface area contributed by atoms with Crippen LogP contribution in [0.3, 0.4) is 0 Å². The van der Waals surface area contributed by atoms with Gasteiger partial charge in [-0.05, 0) is 43.4 Å². The van der Waals surface area contributed by atoms with E-state index in [0.29, 0.717) is 17.7 Å². The van der Waals surface area contributed by atoms with Crippen LogP contribution in [0.4, 0.5) is 5.69 Å². The first-order chi connectivity index (χ1) is 12.8. The Morgan fingerprint density at radius 2 is 1.70 bits per heavy atom. The smallest absolute Gasteiger partial charge is 0.330 e. The van der Waals surface area contributed by atoms with Gasteiger partial charge in [0.2, 0.25) is 11.8 Å². The molecule has 0 aliphatic heterocycles. The molecule has 0 radical (unpaired) electrons. The number of hydrogen-bond acceptors (Lipinski definition) is 6. The maximum absolute atomic E-state index is 12.0. The number of ether oxygens (including phenoxy) is 1. The van der Waals surface area contributed by atoms with Crippen molar-refractivity contribution in [3.8, 4) is 0 Å². The molecule has 10 heteroatoms. The maximum Gasteiger partial charge on any atom is 0.330 e. The highest BCUT2D eigenvalue weighted by Crippen LogP contribution is 2.09. The molecule has 0 aromatic heterocycles. The number of hydrogen-bond donors (Lipinski definition) is 4. The second-order valence-corrected chi connectivity index (χ2v) is 5.37. The minimum atomic E-state index is -0.661. The van der Waals surface area contributed by atoms with E-state index < -0.39 is 17.8 Å². The molecule has 1 aromatic rings. The molecule has 0 fully saturated rings. The van der Waals surface area contributed by atoms with Crippen LogP contribution in [0.25, 0.3) is 0 Å². The van der Waals surface area contributed by atoms with E-state index in [1.54, 1.807) is 26.0 Å². The summed E-state index contributed by atoms with van der Waals surface area (Å²) in [5, 5.41) is 4.75. The van der Waals surface area contributed by atoms with E-state index >= 15 is 0 Å². The van der Waals surface area contributed by atoms with Crippen LogP contribution in [-0.2, 0) is 19.1 Å². The number of esters is 1. The summed E-state index contributed by atoms with van der Waals surface area (Å²) in [6, 6.07) is 6.21. The molecule has 0 aliphatic carbocycles. The highest BCUT2D eigenvalue weighted by atomic mass is 32.1. The number of amides is 3. The van der Waals surface area contributed by atoms with Gasteiger partial charge in [-0.1, -0.05) is 6.92 Å². The molecule has 0 spiro atoms. The fourth-order valence-corrected chi connectivity index (χ4v) is 1.81. The number of carbonyl (C=O) groups is 4. The average molecular weight is 392 g/mol. The van der Waals surface area contributed by atoms with Gasteiger partial charge in [0.25, 0.3) is 5.91 Å². The van der Waals surface area contributed by atoms with Gasteiger partial charge < -0.3 is 10.1 Å². The number of thiocarbonyl (C=S) groups is 1. The summed E-state index contributed by atoms with van der Waals surface area (Å²) in [5.41, 5.74) is 5.56. The van der Waals surface area contributed by atoms with Crippen molar-refractivity contribution in [3.05, 3.63) is 42.0 Å². The molecule has 9 nitrogen and oxygen atoms in total. The second-order valence-electron chi connectivity index (χ2n) is 4.96. The van der Waals surface area contributed by atoms with Crippen LogP contribution >= 0.6 is 12.2 Å². The second kappa shape index (κ2) is 11.4. The normalized spacial score (nSPS) is 10.0. The van der Waals surface area contributed by atoms with Crippen molar-refractivity contribution in [1.82, 2.24) is 16.2 Å². The van der Waals surface area contributed by atoms with Gasteiger partial charge in [0.05, 0.1) is 6.61 Å². The number of nitrogens with one attached hydrogen (secondary N) is 4. The number of anilines is 1. The van der Waals surface area contributed by atoms with Crippen LogP contribution in [0.5, 0.6) is 0 Å². The Balaban J connectivity index is 2.44. The van der Waals surface area contributed by atoms with E-state index in [2.05, 4.69) is 26.2 Å². The molecule has 27 heavy (non-hydrogen) atoms. The lowest BCUT2D eigenvalue weighted by Gasteiger charge is -2.10. The van der Waals surface area contributed by atoms with E-state index in [-0.39, 0.29) is 17.6 Å². The summed E-state index contributed by atoms with van der Waals surface area (Å²) in [5.74, 6) is -1.95. The van der Waals surface area contributed by atoms with Crippen molar-refractivity contribution in [2.75, 3.05) is 11.9 Å². The SMILES string of the molecule is CCOC(=O)C=CC(=O)NC(=S)NNC(=O)c1ccc(NC(=O)CC)cc1. The number of rotatable bonds is 6. The van der Waals surface area contributed by atoms with E-state index in [1.807, 2.05) is 0 Å². The molecule has 0 saturated carbocycles. The van der Waals surface area contributed by atoms with Crippen molar-refractivity contribution >= 4 is 46.7 Å². The fraction of sp³-hybridized carbons (Fsp3) is 0.235. The van der Waals surface area contributed by atoms with Crippen LogP contribution < -0.4 is 21.5 Å². The van der Waals surface area contributed by atoms with Crippen molar-refractivity contribution in [1.29, 1.82) is 0 Å². The molecule has 3 amide bonds. The van der Waals surface area contributed by atoms with Gasteiger partial charge in [-0.15, -0.1) is 0 Å². The number of carbonyl (C=O) groups excluding carboxylic acids is 4. The number of hydrazine groups is 1. The first kappa shape index (κ1) is 21.8. The van der Waals surface area contributed by atoms with Gasteiger partial charge in [0, 0.05) is 29.8 Å². The maximum atomic E-state index is 12.0.